The number of aromatic amines is 1. The van der Waals surface area contributed by atoms with Crippen LogP contribution in [0.5, 0.6) is 0 Å². The van der Waals surface area contributed by atoms with Crippen LogP contribution in [0.3, 0.4) is 0 Å². The third-order valence-corrected chi connectivity index (χ3v) is 4.21. The topological polar surface area (TPSA) is 72.0 Å². The molecule has 5 nitrogen and oxygen atoms in total. The monoisotopic (exact) mass is 364 g/mol. The standard InChI is InChI=1S/C14H9BrN2O3S/c15-9-3-1-8(2-4-9)14(19)20-7-11-16-10-5-6-21-12(10)13(18)17-11/h1-6H,7H2,(H,16,17,18). The van der Waals surface area contributed by atoms with Gasteiger partial charge in [0.1, 0.15) is 17.1 Å². The summed E-state index contributed by atoms with van der Waals surface area (Å²) in [4.78, 5) is 30.5. The van der Waals surface area contributed by atoms with Crippen LogP contribution in [-0.4, -0.2) is 15.9 Å². The van der Waals surface area contributed by atoms with E-state index in [1.54, 1.807) is 35.7 Å². The predicted molar refractivity (Wildman–Crippen MR) is 83.5 cm³/mol. The fourth-order valence-electron chi connectivity index (χ4n) is 1.79. The first-order valence-electron chi connectivity index (χ1n) is 6.02. The molecule has 0 aliphatic carbocycles. The van der Waals surface area contributed by atoms with Gasteiger partial charge in [-0.05, 0) is 35.7 Å². The number of hydrogen-bond donors (Lipinski definition) is 1. The average Bonchev–Trinajstić information content (AvgIpc) is 2.94. The molecule has 0 spiro atoms. The molecule has 0 atom stereocenters. The molecule has 0 bridgehead atoms. The van der Waals surface area contributed by atoms with Gasteiger partial charge >= 0.3 is 5.97 Å². The van der Waals surface area contributed by atoms with Crippen molar-refractivity contribution in [2.75, 3.05) is 0 Å². The van der Waals surface area contributed by atoms with Crippen LogP contribution in [0.4, 0.5) is 0 Å². The van der Waals surface area contributed by atoms with Gasteiger partial charge in [-0.3, -0.25) is 4.79 Å². The summed E-state index contributed by atoms with van der Waals surface area (Å²) in [7, 11) is 0. The largest absolute Gasteiger partial charge is 0.454 e. The second-order valence-electron chi connectivity index (χ2n) is 4.23. The molecule has 106 valence electrons. The fourth-order valence-corrected chi connectivity index (χ4v) is 2.78. The van der Waals surface area contributed by atoms with E-state index in [2.05, 4.69) is 25.9 Å². The Hall–Kier alpha value is -1.99. The highest BCUT2D eigenvalue weighted by Gasteiger charge is 2.10. The van der Waals surface area contributed by atoms with E-state index in [9.17, 15) is 9.59 Å². The van der Waals surface area contributed by atoms with Gasteiger partial charge < -0.3 is 9.72 Å². The highest BCUT2D eigenvalue weighted by molar-refractivity contribution is 9.10. The lowest BCUT2D eigenvalue weighted by molar-refractivity contribution is 0.0462. The number of carbonyl (C=O) groups excluding carboxylic acids is 1. The van der Waals surface area contributed by atoms with E-state index in [1.807, 2.05) is 0 Å². The zero-order valence-corrected chi connectivity index (χ0v) is 13.0. The number of benzene rings is 1. The number of aromatic nitrogens is 2. The molecule has 0 aliphatic heterocycles. The number of halogens is 1. The van der Waals surface area contributed by atoms with Gasteiger partial charge in [-0.2, -0.15) is 0 Å². The highest BCUT2D eigenvalue weighted by atomic mass is 79.9. The minimum atomic E-state index is -0.462. The van der Waals surface area contributed by atoms with E-state index in [-0.39, 0.29) is 12.2 Å². The maximum Gasteiger partial charge on any atom is 0.338 e. The summed E-state index contributed by atoms with van der Waals surface area (Å²) in [5, 5.41) is 1.80. The molecule has 0 unspecified atom stereocenters. The number of hydrogen-bond acceptors (Lipinski definition) is 5. The average molecular weight is 365 g/mol. The van der Waals surface area contributed by atoms with Gasteiger partial charge in [0.05, 0.1) is 11.1 Å². The van der Waals surface area contributed by atoms with Crippen LogP contribution in [0.1, 0.15) is 16.2 Å². The van der Waals surface area contributed by atoms with E-state index < -0.39 is 5.97 Å². The minimum Gasteiger partial charge on any atom is -0.454 e. The summed E-state index contributed by atoms with van der Waals surface area (Å²) in [5.41, 5.74) is 0.834. The lowest BCUT2D eigenvalue weighted by atomic mass is 10.2. The molecular formula is C14H9BrN2O3S. The van der Waals surface area contributed by atoms with Crippen LogP contribution in [-0.2, 0) is 11.3 Å². The molecule has 0 saturated carbocycles. The Morgan fingerprint density at radius 1 is 1.29 bits per heavy atom. The Morgan fingerprint density at radius 3 is 2.81 bits per heavy atom. The van der Waals surface area contributed by atoms with Gasteiger partial charge in [0.2, 0.25) is 0 Å². The Kier molecular flexibility index (Phi) is 3.85. The number of thiophene rings is 1. The molecule has 0 radical (unpaired) electrons. The van der Waals surface area contributed by atoms with Crippen molar-refractivity contribution in [1.29, 1.82) is 0 Å². The molecule has 2 heterocycles. The Bertz CT molecular complexity index is 855. The molecule has 0 saturated heterocycles. The number of fused-ring (bicyclic) bond motifs is 1. The SMILES string of the molecule is O=C(OCc1nc2ccsc2c(=O)[nH]1)c1ccc(Br)cc1. The second-order valence-corrected chi connectivity index (χ2v) is 6.06. The summed E-state index contributed by atoms with van der Waals surface area (Å²) < 4.78 is 6.60. The molecule has 0 aliphatic rings. The second kappa shape index (κ2) is 5.79. The lowest BCUT2D eigenvalue weighted by Crippen LogP contribution is -2.13. The summed E-state index contributed by atoms with van der Waals surface area (Å²) in [6.45, 7) is -0.0735. The number of H-pyrrole nitrogens is 1. The molecule has 1 N–H and O–H groups in total. The van der Waals surface area contributed by atoms with Crippen molar-refractivity contribution < 1.29 is 9.53 Å². The van der Waals surface area contributed by atoms with Gasteiger partial charge in [-0.1, -0.05) is 15.9 Å². The zero-order valence-electron chi connectivity index (χ0n) is 10.6. The van der Waals surface area contributed by atoms with Crippen molar-refractivity contribution in [2.45, 2.75) is 6.61 Å². The van der Waals surface area contributed by atoms with Gasteiger partial charge in [0.15, 0.2) is 0 Å². The first-order valence-corrected chi connectivity index (χ1v) is 7.70. The van der Waals surface area contributed by atoms with Crippen molar-refractivity contribution in [3.63, 3.8) is 0 Å². The number of esters is 1. The van der Waals surface area contributed by atoms with E-state index in [0.717, 1.165) is 4.47 Å². The Morgan fingerprint density at radius 2 is 2.05 bits per heavy atom. The van der Waals surface area contributed by atoms with Crippen LogP contribution in [0, 0.1) is 0 Å². The van der Waals surface area contributed by atoms with Crippen molar-refractivity contribution in [2.24, 2.45) is 0 Å². The quantitative estimate of drug-likeness (QED) is 0.724. The predicted octanol–water partition coefficient (Wildman–Crippen LogP) is 3.10. The molecule has 3 aromatic rings. The number of ether oxygens (including phenoxy) is 1. The minimum absolute atomic E-state index is 0.0735. The summed E-state index contributed by atoms with van der Waals surface area (Å²) in [5.74, 6) is -0.132. The van der Waals surface area contributed by atoms with Crippen molar-refractivity contribution >= 4 is 43.5 Å². The molecule has 0 amide bonds. The van der Waals surface area contributed by atoms with Crippen LogP contribution in [0.2, 0.25) is 0 Å². The Balaban J connectivity index is 1.75. The number of rotatable bonds is 3. The molecule has 1 aromatic carbocycles. The van der Waals surface area contributed by atoms with Crippen molar-refractivity contribution in [3.05, 3.63) is 61.9 Å². The molecular weight excluding hydrogens is 356 g/mol. The van der Waals surface area contributed by atoms with Crippen LogP contribution < -0.4 is 5.56 Å². The molecule has 2 aromatic heterocycles. The van der Waals surface area contributed by atoms with E-state index >= 15 is 0 Å². The maximum atomic E-state index is 11.9. The third-order valence-electron chi connectivity index (χ3n) is 2.78. The third kappa shape index (κ3) is 3.03. The maximum absolute atomic E-state index is 11.9. The number of nitrogens with zero attached hydrogens (tertiary/aromatic N) is 1. The molecule has 21 heavy (non-hydrogen) atoms. The first kappa shape index (κ1) is 14.0. The van der Waals surface area contributed by atoms with Crippen LogP contribution in [0.15, 0.2) is 45.0 Å². The molecule has 0 fully saturated rings. The Labute approximate surface area is 131 Å². The molecule has 3 rings (SSSR count). The van der Waals surface area contributed by atoms with Crippen LogP contribution in [0.25, 0.3) is 10.2 Å². The summed E-state index contributed by atoms with van der Waals surface area (Å²) in [6.07, 6.45) is 0. The first-order chi connectivity index (χ1) is 10.1. The van der Waals surface area contributed by atoms with Gasteiger partial charge in [0, 0.05) is 4.47 Å². The fraction of sp³-hybridized carbons (Fsp3) is 0.0714. The molecule has 7 heteroatoms. The van der Waals surface area contributed by atoms with E-state index in [4.69, 9.17) is 4.74 Å². The van der Waals surface area contributed by atoms with Crippen molar-refractivity contribution in [1.82, 2.24) is 9.97 Å². The zero-order chi connectivity index (χ0) is 14.8. The smallest absolute Gasteiger partial charge is 0.338 e. The van der Waals surface area contributed by atoms with Gasteiger partial charge in [0.25, 0.3) is 5.56 Å². The van der Waals surface area contributed by atoms with E-state index in [0.29, 0.717) is 21.6 Å². The highest BCUT2D eigenvalue weighted by Crippen LogP contribution is 2.14. The van der Waals surface area contributed by atoms with Gasteiger partial charge in [-0.25, -0.2) is 9.78 Å². The normalized spacial score (nSPS) is 10.7. The summed E-state index contributed by atoms with van der Waals surface area (Å²) >= 11 is 4.62. The van der Waals surface area contributed by atoms with Gasteiger partial charge in [-0.15, -0.1) is 11.3 Å². The van der Waals surface area contributed by atoms with Crippen molar-refractivity contribution in [3.8, 4) is 0 Å². The lowest BCUT2D eigenvalue weighted by Gasteiger charge is -2.04. The van der Waals surface area contributed by atoms with Crippen LogP contribution >= 0.6 is 27.3 Å². The summed E-state index contributed by atoms with van der Waals surface area (Å²) in [6, 6.07) is 8.59. The number of nitrogens with one attached hydrogen (secondary N) is 1. The van der Waals surface area contributed by atoms with E-state index in [1.165, 1.54) is 11.3 Å². The number of carbonyl (C=O) groups is 1.